The molecule has 0 radical (unpaired) electrons. The van der Waals surface area contributed by atoms with E-state index in [-0.39, 0.29) is 12.6 Å². The predicted molar refractivity (Wildman–Crippen MR) is 64.9 cm³/mol. The molecule has 2 heterocycles. The Kier molecular flexibility index (Phi) is 3.56. The highest BCUT2D eigenvalue weighted by atomic mass is 19.3. The van der Waals surface area contributed by atoms with Crippen LogP contribution in [0.2, 0.25) is 0 Å². The molecule has 0 saturated heterocycles. The number of alkyl halides is 2. The van der Waals surface area contributed by atoms with E-state index in [0.717, 1.165) is 22.6 Å². The molecule has 1 atom stereocenters. The summed E-state index contributed by atoms with van der Waals surface area (Å²) in [5, 5.41) is 7.11. The Hall–Kier alpha value is -1.56. The summed E-state index contributed by atoms with van der Waals surface area (Å²) in [6, 6.07) is 1.70. The molecule has 0 saturated carbocycles. The first-order valence-corrected chi connectivity index (χ1v) is 5.82. The van der Waals surface area contributed by atoms with E-state index >= 15 is 0 Å². The third-order valence-corrected chi connectivity index (χ3v) is 2.93. The van der Waals surface area contributed by atoms with Crippen molar-refractivity contribution in [2.24, 2.45) is 0 Å². The number of rotatable bonds is 4. The summed E-state index contributed by atoms with van der Waals surface area (Å²) < 4.78 is 26.1. The molecule has 0 aromatic carbocycles. The number of halogens is 2. The number of hydrogen-bond donors (Lipinski definition) is 1. The minimum atomic E-state index is -2.35. The lowest BCUT2D eigenvalue weighted by Gasteiger charge is -2.16. The zero-order valence-corrected chi connectivity index (χ0v) is 10.6. The van der Waals surface area contributed by atoms with Crippen LogP contribution in [0, 0.1) is 13.8 Å². The van der Waals surface area contributed by atoms with Crippen molar-refractivity contribution in [2.75, 3.05) is 6.54 Å². The van der Waals surface area contributed by atoms with Gasteiger partial charge in [-0.25, -0.2) is 18.3 Å². The zero-order valence-electron chi connectivity index (χ0n) is 10.6. The van der Waals surface area contributed by atoms with Crippen LogP contribution < -0.4 is 5.32 Å². The molecule has 0 aliphatic carbocycles. The summed E-state index contributed by atoms with van der Waals surface area (Å²) in [6.45, 7) is 5.33. The van der Waals surface area contributed by atoms with Gasteiger partial charge in [0.25, 0.3) is 6.43 Å². The van der Waals surface area contributed by atoms with Crippen molar-refractivity contribution in [3.8, 4) is 0 Å². The molecule has 98 valence electrons. The van der Waals surface area contributed by atoms with E-state index in [0.29, 0.717) is 0 Å². The average molecular weight is 254 g/mol. The van der Waals surface area contributed by atoms with Crippen molar-refractivity contribution in [3.63, 3.8) is 0 Å². The number of nitrogens with zero attached hydrogens (tertiary/aromatic N) is 3. The molecule has 2 aromatic heterocycles. The summed E-state index contributed by atoms with van der Waals surface area (Å²) in [5.41, 5.74) is 3.46. The Labute approximate surface area is 104 Å². The molecule has 1 unspecified atom stereocenters. The molecule has 0 amide bonds. The minimum absolute atomic E-state index is 0.180. The first-order chi connectivity index (χ1) is 8.49. The van der Waals surface area contributed by atoms with Gasteiger partial charge in [-0.3, -0.25) is 0 Å². The van der Waals surface area contributed by atoms with Gasteiger partial charge in [-0.1, -0.05) is 0 Å². The molecule has 2 rings (SSSR count). The summed E-state index contributed by atoms with van der Waals surface area (Å²) in [4.78, 5) is 4.28. The first-order valence-electron chi connectivity index (χ1n) is 5.82. The molecule has 6 heteroatoms. The molecule has 1 N–H and O–H groups in total. The Balaban J connectivity index is 2.30. The van der Waals surface area contributed by atoms with Crippen LogP contribution in [-0.4, -0.2) is 27.6 Å². The third-order valence-electron chi connectivity index (χ3n) is 2.93. The maximum Gasteiger partial charge on any atom is 0.250 e. The topological polar surface area (TPSA) is 42.2 Å². The fourth-order valence-corrected chi connectivity index (χ4v) is 1.98. The number of aromatic nitrogens is 3. The Bertz CT molecular complexity index is 550. The van der Waals surface area contributed by atoms with Gasteiger partial charge in [-0.2, -0.15) is 5.10 Å². The number of nitrogens with one attached hydrogen (secondary N) is 1. The quantitative estimate of drug-likeness (QED) is 0.910. The zero-order chi connectivity index (χ0) is 13.3. The van der Waals surface area contributed by atoms with Gasteiger partial charge in [0, 0.05) is 29.6 Å². The van der Waals surface area contributed by atoms with Crippen LogP contribution in [0.5, 0.6) is 0 Å². The Morgan fingerprint density at radius 3 is 2.78 bits per heavy atom. The van der Waals surface area contributed by atoms with E-state index in [4.69, 9.17) is 0 Å². The van der Waals surface area contributed by atoms with Crippen molar-refractivity contribution < 1.29 is 8.78 Å². The fraction of sp³-hybridized carbons (Fsp3) is 0.500. The third kappa shape index (κ3) is 2.48. The second kappa shape index (κ2) is 4.97. The van der Waals surface area contributed by atoms with Crippen molar-refractivity contribution in [1.29, 1.82) is 0 Å². The SMILES string of the molecule is Cc1cc2ncc(C(C)NCC(F)F)c(C)n2n1. The van der Waals surface area contributed by atoms with Crippen LogP contribution in [0.3, 0.4) is 0 Å². The largest absolute Gasteiger partial charge is 0.305 e. The second-order valence-corrected chi connectivity index (χ2v) is 4.38. The second-order valence-electron chi connectivity index (χ2n) is 4.38. The van der Waals surface area contributed by atoms with Gasteiger partial charge in [0.15, 0.2) is 5.65 Å². The van der Waals surface area contributed by atoms with E-state index in [1.54, 1.807) is 10.7 Å². The lowest BCUT2D eigenvalue weighted by Crippen LogP contribution is -2.25. The Morgan fingerprint density at radius 2 is 2.11 bits per heavy atom. The molecule has 0 fully saturated rings. The molecular weight excluding hydrogens is 238 g/mol. The van der Waals surface area contributed by atoms with Crippen LogP contribution in [0.25, 0.3) is 5.65 Å². The molecule has 0 aliphatic rings. The van der Waals surface area contributed by atoms with E-state index < -0.39 is 6.43 Å². The van der Waals surface area contributed by atoms with Crippen molar-refractivity contribution >= 4 is 5.65 Å². The summed E-state index contributed by atoms with van der Waals surface area (Å²) >= 11 is 0. The minimum Gasteiger partial charge on any atom is -0.305 e. The van der Waals surface area contributed by atoms with E-state index in [2.05, 4.69) is 15.4 Å². The first kappa shape index (κ1) is 12.9. The standard InChI is InChI=1S/C12H16F2N4/c1-7-4-12-16-5-10(9(3)18(12)17-7)8(2)15-6-11(13)14/h4-5,8,11,15H,6H2,1-3H3. The highest BCUT2D eigenvalue weighted by Gasteiger charge is 2.14. The average Bonchev–Trinajstić information content (AvgIpc) is 2.68. The lowest BCUT2D eigenvalue weighted by atomic mass is 10.1. The van der Waals surface area contributed by atoms with Crippen LogP contribution in [0.15, 0.2) is 12.3 Å². The van der Waals surface area contributed by atoms with Crippen molar-refractivity contribution in [2.45, 2.75) is 33.2 Å². The van der Waals surface area contributed by atoms with Gasteiger partial charge in [0.05, 0.1) is 12.2 Å². The number of aryl methyl sites for hydroxylation is 2. The molecule has 18 heavy (non-hydrogen) atoms. The summed E-state index contributed by atoms with van der Waals surface area (Å²) in [7, 11) is 0. The van der Waals surface area contributed by atoms with Crippen molar-refractivity contribution in [3.05, 3.63) is 29.2 Å². The predicted octanol–water partition coefficient (Wildman–Crippen LogP) is 2.26. The molecule has 0 aliphatic heterocycles. The highest BCUT2D eigenvalue weighted by Crippen LogP contribution is 2.18. The summed E-state index contributed by atoms with van der Waals surface area (Å²) in [6.07, 6.45) is -0.633. The van der Waals surface area contributed by atoms with Gasteiger partial charge in [0.1, 0.15) is 0 Å². The van der Waals surface area contributed by atoms with Gasteiger partial charge in [-0.15, -0.1) is 0 Å². The monoisotopic (exact) mass is 254 g/mol. The molecule has 0 bridgehead atoms. The van der Waals surface area contributed by atoms with Crippen LogP contribution in [0.1, 0.15) is 29.9 Å². The number of hydrogen-bond acceptors (Lipinski definition) is 3. The van der Waals surface area contributed by atoms with E-state index in [1.807, 2.05) is 26.8 Å². The van der Waals surface area contributed by atoms with Crippen LogP contribution >= 0.6 is 0 Å². The normalized spacial score (nSPS) is 13.4. The highest BCUT2D eigenvalue weighted by molar-refractivity contribution is 5.42. The fourth-order valence-electron chi connectivity index (χ4n) is 1.98. The molecule has 0 spiro atoms. The van der Waals surface area contributed by atoms with Crippen molar-refractivity contribution in [1.82, 2.24) is 19.9 Å². The molecular formula is C12H16F2N4. The van der Waals surface area contributed by atoms with E-state index in [9.17, 15) is 8.78 Å². The van der Waals surface area contributed by atoms with Gasteiger partial charge in [-0.05, 0) is 20.8 Å². The maximum atomic E-state index is 12.2. The van der Waals surface area contributed by atoms with Crippen LogP contribution in [0.4, 0.5) is 8.78 Å². The molecule has 4 nitrogen and oxygen atoms in total. The van der Waals surface area contributed by atoms with Crippen LogP contribution in [-0.2, 0) is 0 Å². The van der Waals surface area contributed by atoms with E-state index in [1.165, 1.54) is 0 Å². The number of fused-ring (bicyclic) bond motifs is 1. The maximum absolute atomic E-state index is 12.2. The van der Waals surface area contributed by atoms with Gasteiger partial charge < -0.3 is 5.32 Å². The van der Waals surface area contributed by atoms with Gasteiger partial charge >= 0.3 is 0 Å². The lowest BCUT2D eigenvalue weighted by molar-refractivity contribution is 0.142. The smallest absolute Gasteiger partial charge is 0.250 e. The molecule has 2 aromatic rings. The van der Waals surface area contributed by atoms with Gasteiger partial charge in [0.2, 0.25) is 0 Å². The summed E-state index contributed by atoms with van der Waals surface area (Å²) in [5.74, 6) is 0. The Morgan fingerprint density at radius 1 is 1.39 bits per heavy atom.